The number of hydrogen-bond donors (Lipinski definition) is 2. The molecule has 17 heavy (non-hydrogen) atoms. The third-order valence-corrected chi connectivity index (χ3v) is 1.02. The molecule has 0 aliphatic rings. The van der Waals surface area contributed by atoms with Crippen LogP contribution in [0.1, 0.15) is 56.4 Å². The molecule has 0 heterocycles. The fourth-order valence-corrected chi connectivity index (χ4v) is 0.474. The maximum atomic E-state index is 9.73. The summed E-state index contributed by atoms with van der Waals surface area (Å²) in [6.07, 6.45) is 3.56. The van der Waals surface area contributed by atoms with Crippen LogP contribution in [-0.4, -0.2) is 43.4 Å². The molecule has 0 aliphatic carbocycles. The quantitative estimate of drug-likeness (QED) is 0.567. The Labute approximate surface area is 110 Å². The number of ether oxygens (including phenoxy) is 1. The first-order valence-electron chi connectivity index (χ1n) is 3.97. The Hall–Kier alpha value is -0.450. The Balaban J connectivity index is -0.0000000202. The number of aliphatic hydroxyl groups excluding tert-OH is 2. The largest absolute Gasteiger partial charge is 0.394 e. The summed E-state index contributed by atoms with van der Waals surface area (Å²) in [7, 11) is 1.67. The van der Waals surface area contributed by atoms with Gasteiger partial charge in [0.2, 0.25) is 0 Å². The predicted molar refractivity (Wildman–Crippen MR) is 79.6 cm³/mol. The van der Waals surface area contributed by atoms with Crippen molar-refractivity contribution in [3.05, 3.63) is 0 Å². The second-order valence-electron chi connectivity index (χ2n) is 2.10. The third kappa shape index (κ3) is 92.7. The Morgan fingerprint density at radius 2 is 1.35 bits per heavy atom. The van der Waals surface area contributed by atoms with Crippen LogP contribution < -0.4 is 0 Å². The van der Waals surface area contributed by atoms with Crippen molar-refractivity contribution in [1.82, 2.24) is 0 Å². The molecule has 0 rings (SSSR count). The first-order valence-corrected chi connectivity index (χ1v) is 3.97. The van der Waals surface area contributed by atoms with Gasteiger partial charge in [0, 0.05) is 20.1 Å². The van der Waals surface area contributed by atoms with E-state index in [1.165, 1.54) is 0 Å². The highest BCUT2D eigenvalue weighted by atomic mass is 16.5. The highest BCUT2D eigenvalue weighted by molar-refractivity contribution is 5.48. The van der Waals surface area contributed by atoms with Crippen molar-refractivity contribution in [2.24, 2.45) is 0 Å². The molecule has 4 heteroatoms. The number of unbranched alkanes of at least 4 members (excludes halogenated alkanes) is 2. The summed E-state index contributed by atoms with van der Waals surface area (Å²) in [5, 5.41) is 15.2. The fourth-order valence-electron chi connectivity index (χ4n) is 0.474. The molecule has 0 aromatic heterocycles. The van der Waals surface area contributed by atoms with Crippen LogP contribution in [0.3, 0.4) is 0 Å². The smallest absolute Gasteiger partial charge is 0.119 e. The molecule has 4 nitrogen and oxygen atoms in total. The van der Waals surface area contributed by atoms with E-state index >= 15 is 0 Å². The van der Waals surface area contributed by atoms with E-state index in [0.717, 1.165) is 25.7 Å². The fraction of sp³-hybridized carbons (Fsp3) is 0.923. The van der Waals surface area contributed by atoms with Gasteiger partial charge in [-0.1, -0.05) is 37.1 Å². The summed E-state index contributed by atoms with van der Waals surface area (Å²) in [6, 6.07) is 0. The zero-order chi connectivity index (χ0) is 9.66. The van der Waals surface area contributed by atoms with Gasteiger partial charge in [0.15, 0.2) is 0 Å². The molecule has 0 bridgehead atoms. The van der Waals surface area contributed by atoms with E-state index in [0.29, 0.717) is 6.42 Å². The number of aliphatic hydroxyl groups is 2. The Kier molecular flexibility index (Phi) is 149. The SMILES string of the molecule is C.C.C.C.C.COCCCCC=O.OCCO. The lowest BCUT2D eigenvalue weighted by atomic mass is 10.3. The number of hydrogen-bond acceptors (Lipinski definition) is 4. The minimum absolute atomic E-state index is 0. The molecule has 0 fully saturated rings. The van der Waals surface area contributed by atoms with Crippen molar-refractivity contribution < 1.29 is 19.7 Å². The van der Waals surface area contributed by atoms with Crippen LogP contribution in [0.15, 0.2) is 0 Å². The minimum Gasteiger partial charge on any atom is -0.394 e. The lowest BCUT2D eigenvalue weighted by Crippen LogP contribution is -1.87. The summed E-state index contributed by atoms with van der Waals surface area (Å²) >= 11 is 0. The van der Waals surface area contributed by atoms with Crippen molar-refractivity contribution in [3.63, 3.8) is 0 Å². The summed E-state index contributed by atoms with van der Waals surface area (Å²) in [5.41, 5.74) is 0. The maximum Gasteiger partial charge on any atom is 0.119 e. The summed E-state index contributed by atoms with van der Waals surface area (Å²) < 4.78 is 4.77. The molecular weight excluding hydrogens is 220 g/mol. The molecule has 2 N–H and O–H groups in total. The van der Waals surface area contributed by atoms with Crippen LogP contribution in [0.2, 0.25) is 0 Å². The number of rotatable bonds is 6. The Bertz CT molecular complexity index is 75.8. The van der Waals surface area contributed by atoms with Gasteiger partial charge >= 0.3 is 0 Å². The summed E-state index contributed by atoms with van der Waals surface area (Å²) in [5.74, 6) is 0. The lowest BCUT2D eigenvalue weighted by molar-refractivity contribution is -0.107. The van der Waals surface area contributed by atoms with Crippen LogP contribution in [0.4, 0.5) is 0 Å². The maximum absolute atomic E-state index is 9.73. The van der Waals surface area contributed by atoms with E-state index in [4.69, 9.17) is 14.9 Å². The minimum atomic E-state index is -0.125. The van der Waals surface area contributed by atoms with Gasteiger partial charge in [0.1, 0.15) is 6.29 Å². The molecular formula is C13H38O4. The molecule has 0 radical (unpaired) electrons. The second-order valence-corrected chi connectivity index (χ2v) is 2.10. The molecule has 0 saturated carbocycles. The monoisotopic (exact) mass is 258 g/mol. The first-order chi connectivity index (χ1) is 5.83. The zero-order valence-electron chi connectivity index (χ0n) is 7.53. The average molecular weight is 258 g/mol. The third-order valence-electron chi connectivity index (χ3n) is 1.02. The average Bonchev–Trinajstić information content (AvgIpc) is 2.13. The standard InChI is InChI=1S/C6H12O2.C2H6O2.5CH4/c1-8-6-4-2-3-5-7;3-1-2-4;;;;;/h5H,2-4,6H2,1H3;3-4H,1-2H2;5*1H4. The topological polar surface area (TPSA) is 66.8 Å². The number of methoxy groups -OCH3 is 1. The molecule has 0 unspecified atom stereocenters. The van der Waals surface area contributed by atoms with Gasteiger partial charge in [-0.15, -0.1) is 0 Å². The van der Waals surface area contributed by atoms with E-state index in [2.05, 4.69) is 0 Å². The lowest BCUT2D eigenvalue weighted by Gasteiger charge is -1.92. The Morgan fingerprint density at radius 1 is 0.941 bits per heavy atom. The van der Waals surface area contributed by atoms with Crippen molar-refractivity contribution in [3.8, 4) is 0 Å². The van der Waals surface area contributed by atoms with E-state index < -0.39 is 0 Å². The van der Waals surface area contributed by atoms with Gasteiger partial charge in [-0.2, -0.15) is 0 Å². The van der Waals surface area contributed by atoms with Crippen molar-refractivity contribution in [2.45, 2.75) is 56.4 Å². The van der Waals surface area contributed by atoms with Crippen LogP contribution >= 0.6 is 0 Å². The van der Waals surface area contributed by atoms with Gasteiger partial charge in [0.05, 0.1) is 13.2 Å². The van der Waals surface area contributed by atoms with Crippen molar-refractivity contribution in [1.29, 1.82) is 0 Å². The summed E-state index contributed by atoms with van der Waals surface area (Å²) in [4.78, 5) is 9.73. The van der Waals surface area contributed by atoms with Crippen molar-refractivity contribution in [2.75, 3.05) is 26.9 Å². The van der Waals surface area contributed by atoms with E-state index in [1.54, 1.807) is 7.11 Å². The molecule has 0 spiro atoms. The molecule has 0 aliphatic heterocycles. The first kappa shape index (κ1) is 43.9. The molecule has 0 saturated heterocycles. The van der Waals surface area contributed by atoms with Gasteiger partial charge in [-0.3, -0.25) is 0 Å². The number of aldehydes is 1. The second kappa shape index (κ2) is 57.8. The molecule has 0 atom stereocenters. The number of carbonyl (C=O) groups excluding carboxylic acids is 1. The highest BCUT2D eigenvalue weighted by Crippen LogP contribution is 1.90. The molecule has 114 valence electrons. The van der Waals surface area contributed by atoms with E-state index in [-0.39, 0.29) is 50.3 Å². The summed E-state index contributed by atoms with van der Waals surface area (Å²) in [6.45, 7) is 0.522. The molecule has 0 aromatic rings. The van der Waals surface area contributed by atoms with Gasteiger partial charge in [-0.25, -0.2) is 0 Å². The van der Waals surface area contributed by atoms with Gasteiger partial charge < -0.3 is 19.7 Å². The van der Waals surface area contributed by atoms with Gasteiger partial charge in [-0.05, 0) is 12.8 Å². The molecule has 0 aromatic carbocycles. The van der Waals surface area contributed by atoms with Crippen molar-refractivity contribution >= 4 is 6.29 Å². The number of carbonyl (C=O) groups is 1. The molecule has 0 amide bonds. The normalized spacial score (nSPS) is 6.06. The highest BCUT2D eigenvalue weighted by Gasteiger charge is 1.83. The van der Waals surface area contributed by atoms with Crippen LogP contribution in [0.25, 0.3) is 0 Å². The Morgan fingerprint density at radius 3 is 1.59 bits per heavy atom. The van der Waals surface area contributed by atoms with E-state index in [9.17, 15) is 4.79 Å². The zero-order valence-corrected chi connectivity index (χ0v) is 7.53. The van der Waals surface area contributed by atoms with Crippen LogP contribution in [0.5, 0.6) is 0 Å². The predicted octanol–water partition coefficient (Wildman–Crippen LogP) is 3.15. The van der Waals surface area contributed by atoms with Crippen LogP contribution in [0, 0.1) is 0 Å². The van der Waals surface area contributed by atoms with Crippen LogP contribution in [-0.2, 0) is 9.53 Å². The van der Waals surface area contributed by atoms with Gasteiger partial charge in [0.25, 0.3) is 0 Å². The van der Waals surface area contributed by atoms with E-state index in [1.807, 2.05) is 0 Å².